The fraction of sp³-hybridized carbons (Fsp3) is 0.462. The van der Waals surface area contributed by atoms with Crippen molar-refractivity contribution in [3.8, 4) is 0 Å². The van der Waals surface area contributed by atoms with Crippen LogP contribution < -0.4 is 9.62 Å². The van der Waals surface area contributed by atoms with Gasteiger partial charge in [0, 0.05) is 18.7 Å². The third kappa shape index (κ3) is 3.72. The minimum absolute atomic E-state index is 0.0679. The molecule has 1 saturated heterocycles. The van der Waals surface area contributed by atoms with Crippen LogP contribution in [0.15, 0.2) is 24.3 Å². The minimum Gasteiger partial charge on any atom is -0.394 e. The summed E-state index contributed by atoms with van der Waals surface area (Å²) in [4.78, 5) is 11.9. The molecule has 0 bridgehead atoms. The second kappa shape index (κ2) is 6.42. The topological polar surface area (TPSA) is 107 Å². The predicted molar refractivity (Wildman–Crippen MR) is 77.6 cm³/mol. The van der Waals surface area contributed by atoms with E-state index in [4.69, 9.17) is 5.11 Å². The molecule has 1 aromatic carbocycles. The lowest BCUT2D eigenvalue weighted by atomic mass is 10.2. The SMILES string of the molecule is O=C(NC[C@@H](O)CO)c1cccc(N2CCCS2(=O)=O)c1. The summed E-state index contributed by atoms with van der Waals surface area (Å²) in [7, 11) is -3.28. The Morgan fingerprint density at radius 2 is 2.19 bits per heavy atom. The van der Waals surface area contributed by atoms with E-state index in [1.807, 2.05) is 0 Å². The molecule has 7 nitrogen and oxygen atoms in total. The molecule has 0 spiro atoms. The van der Waals surface area contributed by atoms with Gasteiger partial charge in [-0.2, -0.15) is 0 Å². The monoisotopic (exact) mass is 314 g/mol. The Morgan fingerprint density at radius 3 is 2.81 bits per heavy atom. The molecular weight excluding hydrogens is 296 g/mol. The maximum absolute atomic E-state index is 11.9. The van der Waals surface area contributed by atoms with E-state index in [2.05, 4.69) is 5.32 Å². The molecule has 1 aliphatic heterocycles. The van der Waals surface area contributed by atoms with Crippen molar-refractivity contribution in [3.63, 3.8) is 0 Å². The van der Waals surface area contributed by atoms with Crippen molar-refractivity contribution in [2.24, 2.45) is 0 Å². The van der Waals surface area contributed by atoms with Gasteiger partial charge < -0.3 is 15.5 Å². The molecule has 3 N–H and O–H groups in total. The molecule has 1 fully saturated rings. The number of aliphatic hydroxyl groups is 2. The van der Waals surface area contributed by atoms with Crippen LogP contribution in [0.1, 0.15) is 16.8 Å². The average Bonchev–Trinajstić information content (AvgIpc) is 2.83. The molecule has 116 valence electrons. The summed E-state index contributed by atoms with van der Waals surface area (Å²) < 4.78 is 25.0. The maximum atomic E-state index is 11.9. The van der Waals surface area contributed by atoms with Gasteiger partial charge in [0.15, 0.2) is 0 Å². The van der Waals surface area contributed by atoms with E-state index in [0.29, 0.717) is 24.2 Å². The first kappa shape index (κ1) is 15.7. The Hall–Kier alpha value is -1.64. The van der Waals surface area contributed by atoms with Gasteiger partial charge in [0.05, 0.1) is 24.2 Å². The summed E-state index contributed by atoms with van der Waals surface area (Å²) in [6, 6.07) is 6.32. The van der Waals surface area contributed by atoms with Gasteiger partial charge in [-0.1, -0.05) is 6.07 Å². The van der Waals surface area contributed by atoms with Crippen molar-refractivity contribution in [2.45, 2.75) is 12.5 Å². The quantitative estimate of drug-likeness (QED) is 0.667. The zero-order valence-electron chi connectivity index (χ0n) is 11.4. The van der Waals surface area contributed by atoms with Crippen molar-refractivity contribution < 1.29 is 23.4 Å². The summed E-state index contributed by atoms with van der Waals surface area (Å²) in [5.41, 5.74) is 0.766. The number of benzene rings is 1. The molecule has 8 heteroatoms. The highest BCUT2D eigenvalue weighted by molar-refractivity contribution is 7.93. The van der Waals surface area contributed by atoms with Crippen molar-refractivity contribution in [2.75, 3.05) is 29.8 Å². The average molecular weight is 314 g/mol. The number of carbonyl (C=O) groups excluding carboxylic acids is 1. The van der Waals surface area contributed by atoms with Crippen molar-refractivity contribution in [1.29, 1.82) is 0 Å². The van der Waals surface area contributed by atoms with Crippen LogP contribution in [0.5, 0.6) is 0 Å². The molecule has 0 aliphatic carbocycles. The van der Waals surface area contributed by atoms with Gasteiger partial charge >= 0.3 is 0 Å². The predicted octanol–water partition coefficient (Wildman–Crippen LogP) is -0.691. The summed E-state index contributed by atoms with van der Waals surface area (Å²) >= 11 is 0. The van der Waals surface area contributed by atoms with E-state index < -0.39 is 28.6 Å². The Kier molecular flexibility index (Phi) is 4.81. The number of anilines is 1. The molecule has 1 amide bonds. The smallest absolute Gasteiger partial charge is 0.251 e. The second-order valence-corrected chi connectivity index (χ2v) is 6.85. The molecule has 0 unspecified atom stereocenters. The van der Waals surface area contributed by atoms with Crippen molar-refractivity contribution >= 4 is 21.6 Å². The fourth-order valence-corrected chi connectivity index (χ4v) is 3.67. The van der Waals surface area contributed by atoms with Crippen LogP contribution in [0.4, 0.5) is 5.69 Å². The zero-order valence-corrected chi connectivity index (χ0v) is 12.2. The third-order valence-electron chi connectivity index (χ3n) is 3.20. The zero-order chi connectivity index (χ0) is 15.5. The number of hydrogen-bond acceptors (Lipinski definition) is 5. The van der Waals surface area contributed by atoms with E-state index in [1.165, 1.54) is 10.4 Å². The molecular formula is C13H18N2O5S. The number of sulfonamides is 1. The molecule has 1 aliphatic rings. The third-order valence-corrected chi connectivity index (χ3v) is 5.07. The van der Waals surface area contributed by atoms with Gasteiger partial charge in [-0.15, -0.1) is 0 Å². The fourth-order valence-electron chi connectivity index (χ4n) is 2.11. The van der Waals surface area contributed by atoms with Gasteiger partial charge in [0.2, 0.25) is 10.0 Å². The molecule has 21 heavy (non-hydrogen) atoms. The van der Waals surface area contributed by atoms with Crippen LogP contribution in [0.25, 0.3) is 0 Å². The number of hydrogen-bond donors (Lipinski definition) is 3. The summed E-state index contributed by atoms with van der Waals surface area (Å²) in [6.45, 7) is -0.0927. The largest absolute Gasteiger partial charge is 0.394 e. The summed E-state index contributed by atoms with van der Waals surface area (Å²) in [5.74, 6) is -0.313. The van der Waals surface area contributed by atoms with Gasteiger partial charge in [-0.3, -0.25) is 9.10 Å². The van der Waals surface area contributed by atoms with Crippen LogP contribution in [-0.2, 0) is 10.0 Å². The lowest BCUT2D eigenvalue weighted by Gasteiger charge is -2.17. The van der Waals surface area contributed by atoms with E-state index in [-0.39, 0.29) is 12.3 Å². The number of amides is 1. The van der Waals surface area contributed by atoms with Crippen LogP contribution >= 0.6 is 0 Å². The molecule has 1 atom stereocenters. The van der Waals surface area contributed by atoms with Crippen LogP contribution in [0, 0.1) is 0 Å². The van der Waals surface area contributed by atoms with Crippen molar-refractivity contribution in [1.82, 2.24) is 5.32 Å². The highest BCUT2D eigenvalue weighted by Gasteiger charge is 2.28. The summed E-state index contributed by atoms with van der Waals surface area (Å²) in [5, 5.41) is 20.4. The Balaban J connectivity index is 2.13. The molecule has 1 heterocycles. The van der Waals surface area contributed by atoms with Gasteiger partial charge in [0.25, 0.3) is 5.91 Å². The highest BCUT2D eigenvalue weighted by Crippen LogP contribution is 2.24. The van der Waals surface area contributed by atoms with Crippen LogP contribution in [0.2, 0.25) is 0 Å². The Morgan fingerprint density at radius 1 is 1.43 bits per heavy atom. The van der Waals surface area contributed by atoms with E-state index in [9.17, 15) is 18.3 Å². The number of rotatable bonds is 5. The molecule has 0 saturated carbocycles. The highest BCUT2D eigenvalue weighted by atomic mass is 32.2. The minimum atomic E-state index is -3.28. The van der Waals surface area contributed by atoms with Gasteiger partial charge in [-0.25, -0.2) is 8.42 Å². The van der Waals surface area contributed by atoms with E-state index in [1.54, 1.807) is 18.2 Å². The molecule has 1 aromatic rings. The Labute approximate surface area is 123 Å². The number of aliphatic hydroxyl groups excluding tert-OH is 2. The van der Waals surface area contributed by atoms with Gasteiger partial charge in [-0.05, 0) is 24.6 Å². The van der Waals surface area contributed by atoms with Crippen LogP contribution in [-0.4, -0.2) is 56.1 Å². The number of carbonyl (C=O) groups is 1. The standard InChI is InChI=1S/C13H18N2O5S/c16-9-12(17)8-14-13(18)10-3-1-4-11(7-10)15-5-2-6-21(15,19)20/h1,3-4,7,12,16-17H,2,5-6,8-9H2,(H,14,18)/t12-/m1/s1. The van der Waals surface area contributed by atoms with Crippen molar-refractivity contribution in [3.05, 3.63) is 29.8 Å². The lowest BCUT2D eigenvalue weighted by molar-refractivity contribution is 0.0802. The first-order chi connectivity index (χ1) is 9.94. The lowest BCUT2D eigenvalue weighted by Crippen LogP contribution is -2.34. The normalized spacial score (nSPS) is 18.5. The number of nitrogens with one attached hydrogen (secondary N) is 1. The van der Waals surface area contributed by atoms with E-state index >= 15 is 0 Å². The number of nitrogens with zero attached hydrogens (tertiary/aromatic N) is 1. The molecule has 2 rings (SSSR count). The van der Waals surface area contributed by atoms with Gasteiger partial charge in [0.1, 0.15) is 0 Å². The van der Waals surface area contributed by atoms with Crippen LogP contribution in [0.3, 0.4) is 0 Å². The van der Waals surface area contributed by atoms with E-state index in [0.717, 1.165) is 0 Å². The molecule has 0 radical (unpaired) electrons. The second-order valence-electron chi connectivity index (χ2n) is 4.84. The Bertz CT molecular complexity index is 617. The first-order valence-corrected chi connectivity index (χ1v) is 8.22. The first-order valence-electron chi connectivity index (χ1n) is 6.61. The molecule has 0 aromatic heterocycles. The maximum Gasteiger partial charge on any atom is 0.251 e. The summed E-state index contributed by atoms with van der Waals surface area (Å²) in [6.07, 6.45) is -0.447.